The average Bonchev–Trinajstić information content (AvgIpc) is 3.72. The van der Waals surface area contributed by atoms with Crippen LogP contribution in [0.2, 0.25) is 0 Å². The summed E-state index contributed by atoms with van der Waals surface area (Å²) < 4.78 is 5.18. The molecular formula is C41H29N3S. The largest absolute Gasteiger partial charge is 0.325 e. The van der Waals surface area contributed by atoms with Gasteiger partial charge in [0.25, 0.3) is 0 Å². The Morgan fingerprint density at radius 1 is 0.644 bits per heavy atom. The van der Waals surface area contributed by atoms with Crippen molar-refractivity contribution in [2.45, 2.75) is 19.1 Å². The smallest absolute Gasteiger partial charge is 0.0947 e. The van der Waals surface area contributed by atoms with E-state index in [0.717, 1.165) is 0 Å². The van der Waals surface area contributed by atoms with Crippen molar-refractivity contribution in [2.75, 3.05) is 0 Å². The summed E-state index contributed by atoms with van der Waals surface area (Å²) in [6, 6.07) is 42.4. The van der Waals surface area contributed by atoms with Gasteiger partial charge in [0.05, 0.1) is 28.9 Å². The maximum Gasteiger partial charge on any atom is 0.0947 e. The summed E-state index contributed by atoms with van der Waals surface area (Å²) in [5.74, 6) is 0. The van der Waals surface area contributed by atoms with Crippen LogP contribution < -0.4 is 5.43 Å². The van der Waals surface area contributed by atoms with Crippen molar-refractivity contribution in [1.29, 1.82) is 0 Å². The molecule has 1 atom stereocenters. The van der Waals surface area contributed by atoms with Crippen LogP contribution in [-0.4, -0.2) is 15.1 Å². The number of para-hydroxylation sites is 1. The first-order valence-corrected chi connectivity index (χ1v) is 16.4. The first-order chi connectivity index (χ1) is 22.2. The summed E-state index contributed by atoms with van der Waals surface area (Å²) in [4.78, 5) is 0. The summed E-state index contributed by atoms with van der Waals surface area (Å²) in [5, 5.41) is 12.9. The van der Waals surface area contributed by atoms with Gasteiger partial charge in [0.2, 0.25) is 0 Å². The number of nitrogens with zero attached hydrogens (tertiary/aromatic N) is 2. The highest BCUT2D eigenvalue weighted by molar-refractivity contribution is 7.26. The SMILES string of the molecule is CC12C=CC=CC1=C(c1ccc3ccccc3c1)NN2Cn1c2ccccc2c2c3ccc4sc5ccccc5c4c3ccc21. The number of aromatic nitrogens is 1. The van der Waals surface area contributed by atoms with E-state index in [4.69, 9.17) is 0 Å². The second kappa shape index (κ2) is 9.18. The average molecular weight is 596 g/mol. The van der Waals surface area contributed by atoms with E-state index in [2.05, 4.69) is 161 Å². The Morgan fingerprint density at radius 2 is 1.42 bits per heavy atom. The number of allylic oxidation sites excluding steroid dienone is 2. The molecule has 0 spiro atoms. The summed E-state index contributed by atoms with van der Waals surface area (Å²) in [7, 11) is 0. The summed E-state index contributed by atoms with van der Waals surface area (Å²) in [6.07, 6.45) is 8.93. The van der Waals surface area contributed by atoms with E-state index >= 15 is 0 Å². The lowest BCUT2D eigenvalue weighted by atomic mass is 9.86. The van der Waals surface area contributed by atoms with E-state index in [0.29, 0.717) is 6.67 Å². The molecule has 1 N–H and O–H groups in total. The molecule has 1 unspecified atom stereocenters. The fourth-order valence-corrected chi connectivity index (χ4v) is 8.87. The fraction of sp³-hybridized carbons (Fsp3) is 0.0732. The Hall–Kier alpha value is -5.16. The minimum Gasteiger partial charge on any atom is -0.325 e. The molecular weight excluding hydrogens is 567 g/mol. The van der Waals surface area contributed by atoms with Gasteiger partial charge in [-0.15, -0.1) is 11.3 Å². The van der Waals surface area contributed by atoms with Crippen LogP contribution >= 0.6 is 11.3 Å². The van der Waals surface area contributed by atoms with Crippen LogP contribution in [-0.2, 0) is 6.67 Å². The molecule has 214 valence electrons. The van der Waals surface area contributed by atoms with Gasteiger partial charge >= 0.3 is 0 Å². The highest BCUT2D eigenvalue weighted by Crippen LogP contribution is 2.44. The van der Waals surface area contributed by atoms with Crippen LogP contribution in [0, 0.1) is 0 Å². The summed E-state index contributed by atoms with van der Waals surface area (Å²) in [5.41, 5.74) is 9.76. The number of nitrogens with one attached hydrogen (secondary N) is 1. The van der Waals surface area contributed by atoms with Gasteiger partial charge in [-0.05, 0) is 64.4 Å². The highest BCUT2D eigenvalue weighted by Gasteiger charge is 2.42. The molecule has 0 saturated heterocycles. The van der Waals surface area contributed by atoms with Gasteiger partial charge < -0.3 is 9.99 Å². The molecule has 1 aliphatic carbocycles. The van der Waals surface area contributed by atoms with E-state index in [9.17, 15) is 0 Å². The van der Waals surface area contributed by atoms with Crippen molar-refractivity contribution in [3.8, 4) is 0 Å². The Kier molecular flexibility index (Phi) is 5.14. The molecule has 6 aromatic carbocycles. The number of thiophene rings is 1. The molecule has 10 rings (SSSR count). The van der Waals surface area contributed by atoms with Crippen LogP contribution in [0.3, 0.4) is 0 Å². The van der Waals surface area contributed by atoms with E-state index in [1.807, 2.05) is 11.3 Å². The number of fused-ring (bicyclic) bond motifs is 11. The van der Waals surface area contributed by atoms with Crippen LogP contribution in [0.25, 0.3) is 69.2 Å². The summed E-state index contributed by atoms with van der Waals surface area (Å²) >= 11 is 1.88. The molecule has 0 amide bonds. The molecule has 4 heteroatoms. The number of hydrogen-bond acceptors (Lipinski definition) is 3. The minimum atomic E-state index is -0.300. The van der Waals surface area contributed by atoms with Crippen molar-refractivity contribution in [3.05, 3.63) is 151 Å². The number of hydrogen-bond donors (Lipinski definition) is 1. The Morgan fingerprint density at radius 3 is 2.36 bits per heavy atom. The third kappa shape index (κ3) is 3.49. The number of benzene rings is 6. The predicted octanol–water partition coefficient (Wildman–Crippen LogP) is 10.5. The van der Waals surface area contributed by atoms with Crippen molar-refractivity contribution >= 4 is 80.6 Å². The van der Waals surface area contributed by atoms with E-state index in [1.165, 1.54) is 80.4 Å². The quantitative estimate of drug-likeness (QED) is 0.219. The van der Waals surface area contributed by atoms with Crippen LogP contribution in [0.1, 0.15) is 12.5 Å². The molecule has 45 heavy (non-hydrogen) atoms. The number of hydrazine groups is 1. The molecule has 3 nitrogen and oxygen atoms in total. The maximum absolute atomic E-state index is 3.89. The van der Waals surface area contributed by atoms with Crippen molar-refractivity contribution in [3.63, 3.8) is 0 Å². The highest BCUT2D eigenvalue weighted by atomic mass is 32.1. The standard InChI is InChI=1S/C41H29N3S/c1-41-23-9-8-14-33(41)40(28-18-17-26-10-2-3-11-27(26)24-28)42-44(41)25-43-34-15-6-4-12-31(34)38-29-20-22-37-39(30(29)19-21-35(38)43)32-13-5-7-16-36(32)45-37/h2-24,42H,25H2,1H3. The molecule has 0 fully saturated rings. The van der Waals surface area contributed by atoms with Gasteiger partial charge in [0.15, 0.2) is 0 Å². The lowest BCUT2D eigenvalue weighted by Gasteiger charge is -2.35. The molecule has 0 radical (unpaired) electrons. The fourth-order valence-electron chi connectivity index (χ4n) is 7.75. The van der Waals surface area contributed by atoms with E-state index in [-0.39, 0.29) is 5.54 Å². The topological polar surface area (TPSA) is 20.2 Å². The molecule has 2 aromatic heterocycles. The zero-order chi connectivity index (χ0) is 29.7. The van der Waals surface area contributed by atoms with Crippen LogP contribution in [0.4, 0.5) is 0 Å². The van der Waals surface area contributed by atoms with Gasteiger partial charge in [-0.3, -0.25) is 0 Å². The first kappa shape index (κ1) is 25.2. The third-order valence-corrected chi connectivity index (χ3v) is 11.1. The number of rotatable bonds is 3. The lowest BCUT2D eigenvalue weighted by molar-refractivity contribution is 0.119. The van der Waals surface area contributed by atoms with Crippen LogP contribution in [0.5, 0.6) is 0 Å². The molecule has 0 bridgehead atoms. The van der Waals surface area contributed by atoms with Gasteiger partial charge in [-0.1, -0.05) is 109 Å². The van der Waals surface area contributed by atoms with E-state index < -0.39 is 0 Å². The maximum atomic E-state index is 3.89. The normalized spacial score (nSPS) is 18.3. The van der Waals surface area contributed by atoms with Crippen molar-refractivity contribution in [1.82, 2.24) is 15.0 Å². The summed E-state index contributed by atoms with van der Waals surface area (Å²) in [6.45, 7) is 3.01. The van der Waals surface area contributed by atoms with Crippen LogP contribution in [0.15, 0.2) is 145 Å². The monoisotopic (exact) mass is 595 g/mol. The van der Waals surface area contributed by atoms with Gasteiger partial charge in [-0.25, -0.2) is 0 Å². The molecule has 1 aliphatic heterocycles. The van der Waals surface area contributed by atoms with Gasteiger partial charge in [-0.2, -0.15) is 5.01 Å². The second-order valence-electron chi connectivity index (χ2n) is 12.4. The second-order valence-corrected chi connectivity index (χ2v) is 13.5. The minimum absolute atomic E-state index is 0.300. The zero-order valence-electron chi connectivity index (χ0n) is 24.8. The van der Waals surface area contributed by atoms with E-state index in [1.54, 1.807) is 0 Å². The van der Waals surface area contributed by atoms with Gasteiger partial charge in [0.1, 0.15) is 0 Å². The third-order valence-electron chi connectivity index (χ3n) is 10.0. The van der Waals surface area contributed by atoms with Crippen molar-refractivity contribution in [2.24, 2.45) is 0 Å². The Balaban J connectivity index is 1.15. The first-order valence-electron chi connectivity index (χ1n) is 15.6. The predicted molar refractivity (Wildman–Crippen MR) is 192 cm³/mol. The Bertz CT molecular complexity index is 2630. The Labute approximate surface area is 264 Å². The molecule has 8 aromatic rings. The molecule has 3 heterocycles. The van der Waals surface area contributed by atoms with Gasteiger partial charge in [0, 0.05) is 36.5 Å². The lowest BCUT2D eigenvalue weighted by Crippen LogP contribution is -2.48. The zero-order valence-corrected chi connectivity index (χ0v) is 25.6. The molecule has 2 aliphatic rings. The molecule has 0 saturated carbocycles. The van der Waals surface area contributed by atoms with Crippen molar-refractivity contribution < 1.29 is 0 Å².